The van der Waals surface area contributed by atoms with Gasteiger partial charge in [0.05, 0.1) is 12.5 Å². The second kappa shape index (κ2) is 11.7. The van der Waals surface area contributed by atoms with E-state index in [0.717, 1.165) is 39.0 Å². The van der Waals surface area contributed by atoms with Crippen molar-refractivity contribution in [1.29, 1.82) is 0 Å². The number of carbonyl (C=O) groups excluding carboxylic acids is 1. The number of carbonyl (C=O) groups is 3. The number of carboxylic acids is 2. The smallest absolute Gasteiger partial charge is 0.481 e. The third-order valence-electron chi connectivity index (χ3n) is 3.88. The minimum absolute atomic E-state index is 0.178. The molecule has 7 nitrogen and oxygen atoms in total. The lowest BCUT2D eigenvalue weighted by Gasteiger charge is -2.31. The molecule has 0 radical (unpaired) electrons. The van der Waals surface area contributed by atoms with Crippen molar-refractivity contribution < 1.29 is 37.8 Å². The highest BCUT2D eigenvalue weighted by Crippen LogP contribution is 2.17. The number of likely N-dealkylation sites (tertiary alicyclic amines) is 1. The lowest BCUT2D eigenvalue weighted by molar-refractivity contribution is -0.192. The molecule has 0 atom stereocenters. The maximum atomic E-state index is 12.2. The van der Waals surface area contributed by atoms with Crippen LogP contribution in [0.3, 0.4) is 0 Å². The number of aliphatic carboxylic acids is 2. The van der Waals surface area contributed by atoms with Gasteiger partial charge in [-0.05, 0) is 38.8 Å². The summed E-state index contributed by atoms with van der Waals surface area (Å²) in [6.45, 7) is 7.66. The van der Waals surface area contributed by atoms with E-state index < -0.39 is 18.1 Å². The summed E-state index contributed by atoms with van der Waals surface area (Å²) < 4.78 is 31.7. The molecule has 1 amide bonds. The van der Waals surface area contributed by atoms with Gasteiger partial charge >= 0.3 is 18.1 Å². The van der Waals surface area contributed by atoms with Crippen LogP contribution in [0.2, 0.25) is 0 Å². The highest BCUT2D eigenvalue weighted by Gasteiger charge is 2.38. The Labute approximate surface area is 150 Å². The summed E-state index contributed by atoms with van der Waals surface area (Å²) in [5, 5.41) is 16.1. The zero-order valence-electron chi connectivity index (χ0n) is 15.1. The highest BCUT2D eigenvalue weighted by atomic mass is 19.4. The summed E-state index contributed by atoms with van der Waals surface area (Å²) in [5.74, 6) is -3.51. The summed E-state index contributed by atoms with van der Waals surface area (Å²) in [4.78, 5) is 35.9. The molecule has 1 heterocycles. The van der Waals surface area contributed by atoms with Crippen LogP contribution in [-0.2, 0) is 14.4 Å². The van der Waals surface area contributed by atoms with Crippen LogP contribution in [0.4, 0.5) is 13.2 Å². The Morgan fingerprint density at radius 1 is 1.04 bits per heavy atom. The van der Waals surface area contributed by atoms with E-state index in [0.29, 0.717) is 19.4 Å². The molecule has 0 aliphatic carbocycles. The molecule has 1 saturated heterocycles. The average Bonchev–Trinajstić information content (AvgIpc) is 2.54. The molecule has 2 N–H and O–H groups in total. The zero-order valence-corrected chi connectivity index (χ0v) is 15.1. The summed E-state index contributed by atoms with van der Waals surface area (Å²) in [7, 11) is 0. The van der Waals surface area contributed by atoms with E-state index >= 15 is 0 Å². The number of piperidine rings is 1. The van der Waals surface area contributed by atoms with Gasteiger partial charge in [0, 0.05) is 13.1 Å². The van der Waals surface area contributed by atoms with Gasteiger partial charge in [-0.15, -0.1) is 0 Å². The van der Waals surface area contributed by atoms with Crippen LogP contribution in [0.25, 0.3) is 0 Å². The van der Waals surface area contributed by atoms with E-state index in [1.807, 2.05) is 4.90 Å². The molecular formula is C16H27F3N2O5. The maximum absolute atomic E-state index is 12.2. The fraction of sp³-hybridized carbons (Fsp3) is 0.812. The second-order valence-corrected chi connectivity index (χ2v) is 6.07. The van der Waals surface area contributed by atoms with E-state index in [-0.39, 0.29) is 11.8 Å². The molecule has 152 valence electrons. The van der Waals surface area contributed by atoms with Crippen molar-refractivity contribution >= 4 is 17.8 Å². The SMILES string of the molecule is CCCN(CCC)C(=O)CN1CCC(C(=O)O)CC1.O=C(O)C(F)(F)F. The number of carboxylic acid groups (broad SMARTS) is 2. The van der Waals surface area contributed by atoms with Crippen molar-refractivity contribution in [3.05, 3.63) is 0 Å². The van der Waals surface area contributed by atoms with E-state index in [1.54, 1.807) is 0 Å². The van der Waals surface area contributed by atoms with Gasteiger partial charge in [-0.25, -0.2) is 4.79 Å². The van der Waals surface area contributed by atoms with Crippen molar-refractivity contribution in [2.75, 3.05) is 32.7 Å². The standard InChI is InChI=1S/C14H26N2O3.C2HF3O2/c1-3-7-16(8-4-2)13(17)11-15-9-5-12(6-10-15)14(18)19;3-2(4,5)1(6)7/h12H,3-11H2,1-2H3,(H,18,19);(H,6,7). The number of rotatable bonds is 7. The summed E-state index contributed by atoms with van der Waals surface area (Å²) in [5.41, 5.74) is 0. The molecule has 1 rings (SSSR count). The molecule has 26 heavy (non-hydrogen) atoms. The number of halogens is 3. The molecule has 0 bridgehead atoms. The lowest BCUT2D eigenvalue weighted by atomic mass is 9.97. The normalized spacial score (nSPS) is 15.7. The summed E-state index contributed by atoms with van der Waals surface area (Å²) in [6, 6.07) is 0. The van der Waals surface area contributed by atoms with Crippen molar-refractivity contribution in [2.24, 2.45) is 5.92 Å². The topological polar surface area (TPSA) is 98.2 Å². The van der Waals surface area contributed by atoms with E-state index in [9.17, 15) is 22.8 Å². The molecule has 10 heteroatoms. The molecule has 1 aliphatic heterocycles. The summed E-state index contributed by atoms with van der Waals surface area (Å²) in [6.07, 6.45) is -1.81. The Hall–Kier alpha value is -1.84. The van der Waals surface area contributed by atoms with E-state index in [2.05, 4.69) is 18.7 Å². The first-order valence-corrected chi connectivity index (χ1v) is 8.55. The van der Waals surface area contributed by atoms with Gasteiger partial charge in [-0.3, -0.25) is 14.5 Å². The van der Waals surface area contributed by atoms with Gasteiger partial charge in [0.2, 0.25) is 5.91 Å². The van der Waals surface area contributed by atoms with Crippen molar-refractivity contribution in [2.45, 2.75) is 45.7 Å². The van der Waals surface area contributed by atoms with Crippen molar-refractivity contribution in [3.8, 4) is 0 Å². The molecule has 0 aromatic carbocycles. The van der Waals surface area contributed by atoms with Crippen LogP contribution in [0.1, 0.15) is 39.5 Å². The molecule has 0 unspecified atom stereocenters. The molecule has 0 aromatic rings. The molecule has 0 spiro atoms. The first kappa shape index (κ1) is 24.2. The van der Waals surface area contributed by atoms with Gasteiger partial charge in [0.1, 0.15) is 0 Å². The monoisotopic (exact) mass is 384 g/mol. The average molecular weight is 384 g/mol. The molecule has 1 aliphatic rings. The fourth-order valence-corrected chi connectivity index (χ4v) is 2.53. The van der Waals surface area contributed by atoms with Gasteiger partial charge in [0.25, 0.3) is 0 Å². The zero-order chi connectivity index (χ0) is 20.3. The Bertz CT molecular complexity index is 457. The first-order chi connectivity index (χ1) is 12.0. The summed E-state index contributed by atoms with van der Waals surface area (Å²) >= 11 is 0. The van der Waals surface area contributed by atoms with Gasteiger partial charge in [-0.1, -0.05) is 13.8 Å². The van der Waals surface area contributed by atoms with Gasteiger partial charge in [0.15, 0.2) is 0 Å². The fourth-order valence-electron chi connectivity index (χ4n) is 2.53. The predicted octanol–water partition coefficient (Wildman–Crippen LogP) is 2.06. The Balaban J connectivity index is 0.000000758. The molecule has 0 saturated carbocycles. The molecule has 1 fully saturated rings. The number of nitrogens with zero attached hydrogens (tertiary/aromatic N) is 2. The third-order valence-corrected chi connectivity index (χ3v) is 3.88. The lowest BCUT2D eigenvalue weighted by Crippen LogP contribution is -2.44. The van der Waals surface area contributed by atoms with E-state index in [4.69, 9.17) is 15.0 Å². The number of amides is 1. The van der Waals surface area contributed by atoms with Crippen LogP contribution in [0.5, 0.6) is 0 Å². The molecular weight excluding hydrogens is 357 g/mol. The van der Waals surface area contributed by atoms with Crippen molar-refractivity contribution in [3.63, 3.8) is 0 Å². The van der Waals surface area contributed by atoms with Gasteiger partial charge in [-0.2, -0.15) is 13.2 Å². The number of alkyl halides is 3. The van der Waals surface area contributed by atoms with Crippen molar-refractivity contribution in [1.82, 2.24) is 9.80 Å². The predicted molar refractivity (Wildman–Crippen MR) is 87.7 cm³/mol. The second-order valence-electron chi connectivity index (χ2n) is 6.07. The highest BCUT2D eigenvalue weighted by molar-refractivity contribution is 5.78. The Morgan fingerprint density at radius 2 is 1.46 bits per heavy atom. The van der Waals surface area contributed by atoms with Crippen LogP contribution >= 0.6 is 0 Å². The van der Waals surface area contributed by atoms with E-state index in [1.165, 1.54) is 0 Å². The largest absolute Gasteiger partial charge is 0.490 e. The quantitative estimate of drug-likeness (QED) is 0.697. The minimum atomic E-state index is -5.08. The van der Waals surface area contributed by atoms with Crippen LogP contribution in [0, 0.1) is 5.92 Å². The maximum Gasteiger partial charge on any atom is 0.490 e. The number of hydrogen-bond acceptors (Lipinski definition) is 4. The van der Waals surface area contributed by atoms with Crippen LogP contribution in [0.15, 0.2) is 0 Å². The Morgan fingerprint density at radius 3 is 1.77 bits per heavy atom. The molecule has 0 aromatic heterocycles. The number of hydrogen-bond donors (Lipinski definition) is 2. The Kier molecular flexibility index (Phi) is 10.9. The minimum Gasteiger partial charge on any atom is -0.481 e. The van der Waals surface area contributed by atoms with Crippen LogP contribution < -0.4 is 0 Å². The third kappa shape index (κ3) is 9.59. The first-order valence-electron chi connectivity index (χ1n) is 8.55. The van der Waals surface area contributed by atoms with Crippen LogP contribution in [-0.4, -0.2) is 76.8 Å². The van der Waals surface area contributed by atoms with Gasteiger partial charge < -0.3 is 15.1 Å².